The highest BCUT2D eigenvalue weighted by molar-refractivity contribution is 7.17. The van der Waals surface area contributed by atoms with Gasteiger partial charge in [-0.3, -0.25) is 14.6 Å². The van der Waals surface area contributed by atoms with E-state index in [-0.39, 0.29) is 5.56 Å². The van der Waals surface area contributed by atoms with Crippen molar-refractivity contribution in [2.45, 2.75) is 19.6 Å². The molecule has 1 aromatic carbocycles. The van der Waals surface area contributed by atoms with Gasteiger partial charge in [-0.1, -0.05) is 30.3 Å². The number of aromatic nitrogens is 2. The summed E-state index contributed by atoms with van der Waals surface area (Å²) in [7, 11) is 0. The van der Waals surface area contributed by atoms with E-state index >= 15 is 0 Å². The Balaban J connectivity index is 1.52. The van der Waals surface area contributed by atoms with Gasteiger partial charge >= 0.3 is 0 Å². The van der Waals surface area contributed by atoms with Gasteiger partial charge in [0.2, 0.25) is 0 Å². The Kier molecular flexibility index (Phi) is 6.91. The van der Waals surface area contributed by atoms with Crippen LogP contribution in [0.25, 0.3) is 21.3 Å². The van der Waals surface area contributed by atoms with Crippen LogP contribution in [-0.4, -0.2) is 76.9 Å². The largest absolute Gasteiger partial charge is 0.392 e. The fourth-order valence-electron chi connectivity index (χ4n) is 3.83. The maximum atomic E-state index is 12.9. The minimum atomic E-state index is -0.448. The van der Waals surface area contributed by atoms with Crippen LogP contribution in [0.5, 0.6) is 0 Å². The average Bonchev–Trinajstić information content (AvgIpc) is 3.18. The van der Waals surface area contributed by atoms with Crippen molar-refractivity contribution in [3.8, 4) is 11.1 Å². The van der Waals surface area contributed by atoms with Crippen LogP contribution >= 0.6 is 11.3 Å². The van der Waals surface area contributed by atoms with Gasteiger partial charge in [-0.15, -0.1) is 11.3 Å². The number of thiophene rings is 1. The number of aliphatic hydroxyl groups excluding tert-OH is 1. The first kappa shape index (κ1) is 21.1. The molecule has 2 N–H and O–H groups in total. The lowest BCUT2D eigenvalue weighted by Gasteiger charge is -2.30. The summed E-state index contributed by atoms with van der Waals surface area (Å²) in [5, 5.41) is 12.6. The second-order valence-electron chi connectivity index (χ2n) is 7.75. The smallest absolute Gasteiger partial charge is 0.260 e. The Morgan fingerprint density at radius 1 is 1.30 bits per heavy atom. The van der Waals surface area contributed by atoms with E-state index in [9.17, 15) is 9.90 Å². The first-order valence-corrected chi connectivity index (χ1v) is 11.2. The molecule has 3 aromatic rings. The van der Waals surface area contributed by atoms with Crippen LogP contribution in [0.1, 0.15) is 12.7 Å². The monoisotopic (exact) mass is 428 g/mol. The van der Waals surface area contributed by atoms with Gasteiger partial charge in [0.25, 0.3) is 5.56 Å². The Hall–Kier alpha value is -2.10. The molecule has 1 aliphatic rings. The number of nitrogens with zero attached hydrogens (tertiary/aromatic N) is 3. The molecule has 7 nitrogen and oxygen atoms in total. The molecule has 2 aromatic heterocycles. The van der Waals surface area contributed by atoms with E-state index in [4.69, 9.17) is 9.72 Å². The van der Waals surface area contributed by atoms with Gasteiger partial charge in [0.05, 0.1) is 31.2 Å². The van der Waals surface area contributed by atoms with Crippen LogP contribution < -0.4 is 5.56 Å². The first-order chi connectivity index (χ1) is 14.6. The first-order valence-electron chi connectivity index (χ1n) is 10.4. The minimum absolute atomic E-state index is 0.111. The molecule has 0 bridgehead atoms. The topological polar surface area (TPSA) is 81.7 Å². The molecule has 8 heteroatoms. The van der Waals surface area contributed by atoms with E-state index in [1.807, 2.05) is 35.7 Å². The zero-order valence-corrected chi connectivity index (χ0v) is 18.0. The highest BCUT2D eigenvalue weighted by atomic mass is 32.1. The van der Waals surface area contributed by atoms with Crippen LogP contribution in [-0.2, 0) is 11.3 Å². The van der Waals surface area contributed by atoms with Crippen molar-refractivity contribution in [3.63, 3.8) is 0 Å². The van der Waals surface area contributed by atoms with E-state index in [2.05, 4.69) is 14.8 Å². The number of ether oxygens (including phenoxy) is 1. The Morgan fingerprint density at radius 3 is 2.80 bits per heavy atom. The molecule has 0 spiro atoms. The molecule has 4 rings (SSSR count). The highest BCUT2D eigenvalue weighted by Gasteiger charge is 2.17. The number of nitrogens with one attached hydrogen (secondary N) is 1. The van der Waals surface area contributed by atoms with Crippen molar-refractivity contribution in [2.75, 3.05) is 45.9 Å². The molecule has 0 saturated carbocycles. The number of benzene rings is 1. The summed E-state index contributed by atoms with van der Waals surface area (Å²) in [5.74, 6) is 0.636. The van der Waals surface area contributed by atoms with Gasteiger partial charge in [-0.05, 0) is 12.5 Å². The van der Waals surface area contributed by atoms with Gasteiger partial charge in [-0.2, -0.15) is 0 Å². The lowest BCUT2D eigenvalue weighted by Crippen LogP contribution is -2.42. The Bertz CT molecular complexity index is 1010. The van der Waals surface area contributed by atoms with Crippen molar-refractivity contribution < 1.29 is 9.84 Å². The zero-order valence-electron chi connectivity index (χ0n) is 17.2. The SMILES string of the molecule is CC(O)CN(CCN1CCOCC1)Cc1nc2scc(-c3ccccc3)c2c(=O)[nH]1. The maximum Gasteiger partial charge on any atom is 0.260 e. The predicted octanol–water partition coefficient (Wildman–Crippen LogP) is 2.17. The fourth-order valence-corrected chi connectivity index (χ4v) is 4.79. The van der Waals surface area contributed by atoms with E-state index in [0.717, 1.165) is 55.4 Å². The highest BCUT2D eigenvalue weighted by Crippen LogP contribution is 2.30. The second kappa shape index (κ2) is 9.80. The van der Waals surface area contributed by atoms with E-state index in [1.54, 1.807) is 6.92 Å². The summed E-state index contributed by atoms with van der Waals surface area (Å²) < 4.78 is 5.41. The number of morpholine rings is 1. The van der Waals surface area contributed by atoms with Crippen molar-refractivity contribution in [1.82, 2.24) is 19.8 Å². The van der Waals surface area contributed by atoms with E-state index in [1.165, 1.54) is 11.3 Å². The van der Waals surface area contributed by atoms with Crippen LogP contribution in [0.2, 0.25) is 0 Å². The molecule has 0 radical (unpaired) electrons. The van der Waals surface area contributed by atoms with Gasteiger partial charge in [0.1, 0.15) is 10.7 Å². The lowest BCUT2D eigenvalue weighted by atomic mass is 10.1. The van der Waals surface area contributed by atoms with E-state index < -0.39 is 6.10 Å². The minimum Gasteiger partial charge on any atom is -0.392 e. The number of rotatable bonds is 8. The van der Waals surface area contributed by atoms with Crippen LogP contribution in [0.3, 0.4) is 0 Å². The molecule has 1 unspecified atom stereocenters. The van der Waals surface area contributed by atoms with Crippen molar-refractivity contribution in [2.24, 2.45) is 0 Å². The third-order valence-corrected chi connectivity index (χ3v) is 6.18. The molecule has 1 aliphatic heterocycles. The fraction of sp³-hybridized carbons (Fsp3) is 0.455. The molecule has 3 heterocycles. The summed E-state index contributed by atoms with van der Waals surface area (Å²) in [6, 6.07) is 9.91. The van der Waals surface area contributed by atoms with Gasteiger partial charge < -0.3 is 14.8 Å². The average molecular weight is 429 g/mol. The zero-order chi connectivity index (χ0) is 20.9. The third-order valence-electron chi connectivity index (χ3n) is 5.31. The summed E-state index contributed by atoms with van der Waals surface area (Å²) in [5.41, 5.74) is 1.83. The molecule has 1 atom stereocenters. The van der Waals surface area contributed by atoms with Crippen molar-refractivity contribution in [1.29, 1.82) is 0 Å². The lowest BCUT2D eigenvalue weighted by molar-refractivity contribution is 0.0297. The summed E-state index contributed by atoms with van der Waals surface area (Å²) >= 11 is 1.49. The summed E-state index contributed by atoms with van der Waals surface area (Å²) in [6.45, 7) is 7.92. The number of aliphatic hydroxyl groups is 1. The maximum absolute atomic E-state index is 12.9. The second-order valence-corrected chi connectivity index (χ2v) is 8.60. The summed E-state index contributed by atoms with van der Waals surface area (Å²) in [4.78, 5) is 25.8. The molecular weight excluding hydrogens is 400 g/mol. The van der Waals surface area contributed by atoms with E-state index in [0.29, 0.717) is 24.3 Å². The van der Waals surface area contributed by atoms with Crippen LogP contribution in [0.4, 0.5) is 0 Å². The van der Waals surface area contributed by atoms with Gasteiger partial charge in [0.15, 0.2) is 0 Å². The molecule has 1 saturated heterocycles. The predicted molar refractivity (Wildman–Crippen MR) is 120 cm³/mol. The van der Waals surface area contributed by atoms with Gasteiger partial charge in [-0.25, -0.2) is 4.98 Å². The molecular formula is C22H28N4O3S. The molecule has 1 fully saturated rings. The standard InChI is InChI=1S/C22H28N4O3S/c1-16(27)13-26(8-7-25-9-11-29-12-10-25)14-19-23-21(28)20-18(15-30-22(20)24-19)17-5-3-2-4-6-17/h2-6,15-16,27H,7-14H2,1H3,(H,23,24,28). The van der Waals surface area contributed by atoms with Crippen LogP contribution in [0, 0.1) is 0 Å². The normalized spacial score (nSPS) is 16.4. The van der Waals surface area contributed by atoms with Crippen molar-refractivity contribution in [3.05, 3.63) is 51.9 Å². The number of fused-ring (bicyclic) bond motifs is 1. The number of hydrogen-bond donors (Lipinski definition) is 2. The quantitative estimate of drug-likeness (QED) is 0.572. The molecule has 0 amide bonds. The Labute approximate surface area is 179 Å². The number of hydrogen-bond acceptors (Lipinski definition) is 7. The number of aromatic amines is 1. The van der Waals surface area contributed by atoms with Crippen LogP contribution in [0.15, 0.2) is 40.5 Å². The Morgan fingerprint density at radius 2 is 2.07 bits per heavy atom. The van der Waals surface area contributed by atoms with Gasteiger partial charge in [0, 0.05) is 43.7 Å². The molecule has 30 heavy (non-hydrogen) atoms. The number of H-pyrrole nitrogens is 1. The molecule has 160 valence electrons. The molecule has 0 aliphatic carbocycles. The van der Waals surface area contributed by atoms with Crippen molar-refractivity contribution >= 4 is 21.6 Å². The third kappa shape index (κ3) is 5.14. The summed E-state index contributed by atoms with van der Waals surface area (Å²) in [6.07, 6.45) is -0.448.